The van der Waals surface area contributed by atoms with Gasteiger partial charge in [0.25, 0.3) is 0 Å². The van der Waals surface area contributed by atoms with E-state index in [-0.39, 0.29) is 6.04 Å². The molecule has 4 nitrogen and oxygen atoms in total. The van der Waals surface area contributed by atoms with Gasteiger partial charge < -0.3 is 20.1 Å². The maximum atomic E-state index is 5.85. The summed E-state index contributed by atoms with van der Waals surface area (Å²) >= 11 is 0. The third-order valence-electron chi connectivity index (χ3n) is 2.78. The molecule has 0 amide bonds. The van der Waals surface area contributed by atoms with Crippen LogP contribution in [0.2, 0.25) is 0 Å². The Morgan fingerprint density at radius 3 is 2.65 bits per heavy atom. The predicted octanol–water partition coefficient (Wildman–Crippen LogP) is 1.63. The van der Waals surface area contributed by atoms with Crippen molar-refractivity contribution in [2.45, 2.75) is 19.9 Å². The van der Waals surface area contributed by atoms with Crippen molar-refractivity contribution in [3.63, 3.8) is 0 Å². The maximum absolute atomic E-state index is 5.85. The van der Waals surface area contributed by atoms with Crippen LogP contribution < -0.4 is 20.1 Å². The van der Waals surface area contributed by atoms with Crippen molar-refractivity contribution >= 4 is 5.69 Å². The molecular weight excluding hydrogens is 216 g/mol. The van der Waals surface area contributed by atoms with Crippen molar-refractivity contribution in [2.24, 2.45) is 5.73 Å². The van der Waals surface area contributed by atoms with Gasteiger partial charge in [-0.2, -0.15) is 0 Å². The van der Waals surface area contributed by atoms with Crippen LogP contribution in [0.3, 0.4) is 0 Å². The molecule has 1 aliphatic heterocycles. The number of hydrogen-bond donors (Lipinski definition) is 1. The molecule has 0 aliphatic carbocycles. The molecule has 1 heterocycles. The molecule has 2 N–H and O–H groups in total. The number of fused-ring (bicyclic) bond motifs is 1. The van der Waals surface area contributed by atoms with Crippen molar-refractivity contribution in [3.8, 4) is 11.5 Å². The molecule has 0 radical (unpaired) electrons. The summed E-state index contributed by atoms with van der Waals surface area (Å²) in [6, 6.07) is 6.20. The van der Waals surface area contributed by atoms with Crippen molar-refractivity contribution < 1.29 is 9.47 Å². The Bertz CT molecular complexity index is 380. The highest BCUT2D eigenvalue weighted by Gasteiger charge is 2.14. The fraction of sp³-hybridized carbons (Fsp3) is 0.538. The molecule has 1 aromatic rings. The summed E-state index contributed by atoms with van der Waals surface area (Å²) in [4.78, 5) is 2.24. The first kappa shape index (κ1) is 12.0. The maximum Gasteiger partial charge on any atom is 0.163 e. The number of nitrogens with two attached hydrogens (primary N) is 1. The zero-order chi connectivity index (χ0) is 12.3. The van der Waals surface area contributed by atoms with Gasteiger partial charge in [0.15, 0.2) is 11.5 Å². The highest BCUT2D eigenvalue weighted by Crippen LogP contribution is 2.33. The van der Waals surface area contributed by atoms with E-state index in [1.807, 2.05) is 19.1 Å². The highest BCUT2D eigenvalue weighted by atomic mass is 16.6. The van der Waals surface area contributed by atoms with Gasteiger partial charge in [-0.3, -0.25) is 0 Å². The van der Waals surface area contributed by atoms with Crippen LogP contribution in [0.4, 0.5) is 5.69 Å². The first-order chi connectivity index (χ1) is 8.20. The van der Waals surface area contributed by atoms with Crippen LogP contribution in [-0.2, 0) is 0 Å². The van der Waals surface area contributed by atoms with Crippen LogP contribution in [0.15, 0.2) is 18.2 Å². The molecule has 1 aliphatic rings. The van der Waals surface area contributed by atoms with Gasteiger partial charge in [-0.25, -0.2) is 0 Å². The quantitative estimate of drug-likeness (QED) is 0.863. The van der Waals surface area contributed by atoms with Crippen molar-refractivity contribution in [2.75, 3.05) is 31.2 Å². The van der Waals surface area contributed by atoms with Gasteiger partial charge in [-0.15, -0.1) is 0 Å². The SMILES string of the molecule is CCN(CC(C)N)c1ccc2c(c1)OCCO2. The Balaban J connectivity index is 2.19. The summed E-state index contributed by atoms with van der Waals surface area (Å²) < 4.78 is 11.1. The fourth-order valence-corrected chi connectivity index (χ4v) is 1.99. The topological polar surface area (TPSA) is 47.7 Å². The predicted molar refractivity (Wildman–Crippen MR) is 69.0 cm³/mol. The van der Waals surface area contributed by atoms with E-state index >= 15 is 0 Å². The molecule has 94 valence electrons. The average molecular weight is 236 g/mol. The number of anilines is 1. The van der Waals surface area contributed by atoms with Crippen LogP contribution in [-0.4, -0.2) is 32.3 Å². The van der Waals surface area contributed by atoms with E-state index in [2.05, 4.69) is 17.9 Å². The molecule has 1 unspecified atom stereocenters. The second-order valence-electron chi connectivity index (χ2n) is 4.34. The Kier molecular flexibility index (Phi) is 3.74. The van der Waals surface area contributed by atoms with Crippen LogP contribution in [0.1, 0.15) is 13.8 Å². The molecule has 0 saturated heterocycles. The third kappa shape index (κ3) is 2.82. The smallest absolute Gasteiger partial charge is 0.163 e. The summed E-state index contributed by atoms with van der Waals surface area (Å²) in [6.07, 6.45) is 0. The number of nitrogens with zero attached hydrogens (tertiary/aromatic N) is 1. The molecule has 4 heteroatoms. The molecule has 1 atom stereocenters. The van der Waals surface area contributed by atoms with E-state index in [1.54, 1.807) is 0 Å². The standard InChI is InChI=1S/C13H20N2O2/c1-3-15(9-10(2)14)11-4-5-12-13(8-11)17-7-6-16-12/h4-5,8,10H,3,6-7,9,14H2,1-2H3. The zero-order valence-electron chi connectivity index (χ0n) is 10.5. The lowest BCUT2D eigenvalue weighted by Gasteiger charge is -2.27. The zero-order valence-corrected chi connectivity index (χ0v) is 10.5. The van der Waals surface area contributed by atoms with Crippen molar-refractivity contribution in [1.29, 1.82) is 0 Å². The van der Waals surface area contributed by atoms with Gasteiger partial charge in [0.1, 0.15) is 13.2 Å². The number of benzene rings is 1. The van der Waals surface area contributed by atoms with Crippen LogP contribution in [0.25, 0.3) is 0 Å². The van der Waals surface area contributed by atoms with Gasteiger partial charge in [0, 0.05) is 30.9 Å². The molecule has 1 aromatic carbocycles. The summed E-state index contributed by atoms with van der Waals surface area (Å²) in [7, 11) is 0. The van der Waals surface area contributed by atoms with Gasteiger partial charge in [-0.05, 0) is 26.0 Å². The van der Waals surface area contributed by atoms with Crippen LogP contribution in [0.5, 0.6) is 11.5 Å². The number of rotatable bonds is 4. The van der Waals surface area contributed by atoms with E-state index < -0.39 is 0 Å². The molecule has 0 spiro atoms. The molecule has 0 bridgehead atoms. The Morgan fingerprint density at radius 1 is 1.29 bits per heavy atom. The normalized spacial score (nSPS) is 15.5. The largest absolute Gasteiger partial charge is 0.486 e. The fourth-order valence-electron chi connectivity index (χ4n) is 1.99. The first-order valence-electron chi connectivity index (χ1n) is 6.11. The Labute approximate surface area is 102 Å². The molecule has 17 heavy (non-hydrogen) atoms. The van der Waals surface area contributed by atoms with E-state index in [1.165, 1.54) is 0 Å². The summed E-state index contributed by atoms with van der Waals surface area (Å²) in [5.74, 6) is 1.66. The summed E-state index contributed by atoms with van der Waals surface area (Å²) in [6.45, 7) is 7.16. The van der Waals surface area contributed by atoms with Crippen molar-refractivity contribution in [1.82, 2.24) is 0 Å². The lowest BCUT2D eigenvalue weighted by molar-refractivity contribution is 0.171. The minimum absolute atomic E-state index is 0.156. The number of hydrogen-bond acceptors (Lipinski definition) is 4. The Hall–Kier alpha value is -1.42. The molecular formula is C13H20N2O2. The molecule has 0 fully saturated rings. The highest BCUT2D eigenvalue weighted by molar-refractivity contribution is 5.56. The summed E-state index contributed by atoms with van der Waals surface area (Å²) in [5, 5.41) is 0. The minimum atomic E-state index is 0.156. The monoisotopic (exact) mass is 236 g/mol. The first-order valence-corrected chi connectivity index (χ1v) is 6.11. The van der Waals surface area contributed by atoms with Crippen molar-refractivity contribution in [3.05, 3.63) is 18.2 Å². The lowest BCUT2D eigenvalue weighted by Crippen LogP contribution is -2.35. The molecule has 0 aromatic heterocycles. The summed E-state index contributed by atoms with van der Waals surface area (Å²) in [5.41, 5.74) is 6.98. The second kappa shape index (κ2) is 5.27. The van der Waals surface area contributed by atoms with Crippen LogP contribution in [0, 0.1) is 0 Å². The third-order valence-corrected chi connectivity index (χ3v) is 2.78. The van der Waals surface area contributed by atoms with E-state index in [0.29, 0.717) is 13.2 Å². The lowest BCUT2D eigenvalue weighted by atomic mass is 10.2. The average Bonchev–Trinajstić information content (AvgIpc) is 2.35. The van der Waals surface area contributed by atoms with E-state index in [0.717, 1.165) is 30.3 Å². The van der Waals surface area contributed by atoms with E-state index in [4.69, 9.17) is 15.2 Å². The van der Waals surface area contributed by atoms with Crippen LogP contribution >= 0.6 is 0 Å². The Morgan fingerprint density at radius 2 is 2.00 bits per heavy atom. The second-order valence-corrected chi connectivity index (χ2v) is 4.34. The molecule has 0 saturated carbocycles. The van der Waals surface area contributed by atoms with E-state index in [9.17, 15) is 0 Å². The van der Waals surface area contributed by atoms with Gasteiger partial charge in [0.2, 0.25) is 0 Å². The van der Waals surface area contributed by atoms with Gasteiger partial charge >= 0.3 is 0 Å². The number of ether oxygens (including phenoxy) is 2. The van der Waals surface area contributed by atoms with Gasteiger partial charge in [0.05, 0.1) is 0 Å². The minimum Gasteiger partial charge on any atom is -0.486 e. The number of likely N-dealkylation sites (N-methyl/N-ethyl adjacent to an activating group) is 1. The van der Waals surface area contributed by atoms with Gasteiger partial charge in [-0.1, -0.05) is 0 Å². The molecule has 2 rings (SSSR count).